The van der Waals surface area contributed by atoms with Crippen LogP contribution in [0.4, 0.5) is 0 Å². The Morgan fingerprint density at radius 1 is 1.50 bits per heavy atom. The minimum Gasteiger partial charge on any atom is -0.389 e. The lowest BCUT2D eigenvalue weighted by molar-refractivity contribution is 0.00865. The molecule has 16 heavy (non-hydrogen) atoms. The summed E-state index contributed by atoms with van der Waals surface area (Å²) in [4.78, 5) is 0. The standard InChI is InChI=1S/C11H23NO4/c1-14-5-6-16-9-11(13)7-12-10-3-2-4-15-8-10/h10-13H,2-9H2,1H3. The van der Waals surface area contributed by atoms with Crippen LogP contribution in [0.25, 0.3) is 0 Å². The summed E-state index contributed by atoms with van der Waals surface area (Å²) in [5, 5.41) is 12.9. The highest BCUT2D eigenvalue weighted by Crippen LogP contribution is 2.05. The summed E-state index contributed by atoms with van der Waals surface area (Å²) >= 11 is 0. The smallest absolute Gasteiger partial charge is 0.0897 e. The topological polar surface area (TPSA) is 60.0 Å². The van der Waals surface area contributed by atoms with Crippen molar-refractivity contribution < 1.29 is 19.3 Å². The Balaban J connectivity index is 1.94. The summed E-state index contributed by atoms with van der Waals surface area (Å²) < 4.78 is 15.4. The van der Waals surface area contributed by atoms with Crippen LogP contribution in [-0.4, -0.2) is 63.9 Å². The maximum absolute atomic E-state index is 9.61. The maximum atomic E-state index is 9.61. The van der Waals surface area contributed by atoms with Crippen LogP contribution in [0, 0.1) is 0 Å². The van der Waals surface area contributed by atoms with Gasteiger partial charge in [0.25, 0.3) is 0 Å². The number of hydrogen-bond acceptors (Lipinski definition) is 5. The van der Waals surface area contributed by atoms with Gasteiger partial charge in [-0.15, -0.1) is 0 Å². The van der Waals surface area contributed by atoms with Gasteiger partial charge in [0.15, 0.2) is 0 Å². The van der Waals surface area contributed by atoms with Crippen molar-refractivity contribution in [2.75, 3.05) is 46.7 Å². The van der Waals surface area contributed by atoms with E-state index in [-0.39, 0.29) is 0 Å². The molecule has 2 N–H and O–H groups in total. The molecule has 0 saturated carbocycles. The van der Waals surface area contributed by atoms with E-state index in [0.29, 0.717) is 32.4 Å². The van der Waals surface area contributed by atoms with Crippen LogP contribution in [0.2, 0.25) is 0 Å². The molecule has 1 rings (SSSR count). The van der Waals surface area contributed by atoms with E-state index in [1.54, 1.807) is 7.11 Å². The molecule has 0 aromatic carbocycles. The van der Waals surface area contributed by atoms with Gasteiger partial charge < -0.3 is 24.6 Å². The second-order valence-corrected chi connectivity index (χ2v) is 4.04. The van der Waals surface area contributed by atoms with E-state index in [4.69, 9.17) is 14.2 Å². The lowest BCUT2D eigenvalue weighted by Gasteiger charge is -2.24. The van der Waals surface area contributed by atoms with Crippen molar-refractivity contribution in [2.24, 2.45) is 0 Å². The molecule has 1 saturated heterocycles. The third kappa shape index (κ3) is 6.40. The van der Waals surface area contributed by atoms with Crippen LogP contribution in [0.3, 0.4) is 0 Å². The average Bonchev–Trinajstić information content (AvgIpc) is 2.33. The summed E-state index contributed by atoms with van der Waals surface area (Å²) in [6.45, 7) is 3.61. The lowest BCUT2D eigenvalue weighted by atomic mass is 10.1. The Labute approximate surface area is 97.1 Å². The molecule has 0 bridgehead atoms. The maximum Gasteiger partial charge on any atom is 0.0897 e. The Morgan fingerprint density at radius 3 is 3.06 bits per heavy atom. The molecule has 1 aliphatic heterocycles. The fourth-order valence-corrected chi connectivity index (χ4v) is 1.62. The van der Waals surface area contributed by atoms with Gasteiger partial charge in [0.2, 0.25) is 0 Å². The highest BCUT2D eigenvalue weighted by Gasteiger charge is 2.14. The summed E-state index contributed by atoms with van der Waals surface area (Å²) in [6.07, 6.45) is 1.76. The zero-order valence-corrected chi connectivity index (χ0v) is 9.98. The number of aliphatic hydroxyl groups excluding tert-OH is 1. The van der Waals surface area contributed by atoms with Crippen LogP contribution >= 0.6 is 0 Å². The number of ether oxygens (including phenoxy) is 3. The van der Waals surface area contributed by atoms with Crippen molar-refractivity contribution in [3.63, 3.8) is 0 Å². The molecule has 0 radical (unpaired) electrons. The number of rotatable bonds is 8. The molecular weight excluding hydrogens is 210 g/mol. The molecule has 0 aliphatic carbocycles. The fourth-order valence-electron chi connectivity index (χ4n) is 1.62. The first kappa shape index (κ1) is 13.9. The van der Waals surface area contributed by atoms with E-state index in [1.807, 2.05) is 0 Å². The van der Waals surface area contributed by atoms with Crippen LogP contribution in [0.1, 0.15) is 12.8 Å². The minimum atomic E-state index is -0.459. The summed E-state index contributed by atoms with van der Waals surface area (Å²) in [5.41, 5.74) is 0. The molecule has 0 aromatic rings. The van der Waals surface area contributed by atoms with Crippen LogP contribution in [-0.2, 0) is 14.2 Å². The highest BCUT2D eigenvalue weighted by atomic mass is 16.5. The lowest BCUT2D eigenvalue weighted by Crippen LogP contribution is -2.42. The summed E-state index contributed by atoms with van der Waals surface area (Å²) in [6, 6.07) is 0.377. The molecule has 5 nitrogen and oxygen atoms in total. The molecule has 1 aliphatic rings. The first-order valence-electron chi connectivity index (χ1n) is 5.89. The molecule has 1 heterocycles. The first-order valence-corrected chi connectivity index (χ1v) is 5.89. The van der Waals surface area contributed by atoms with Crippen molar-refractivity contribution in [3.8, 4) is 0 Å². The second kappa shape index (κ2) is 8.90. The van der Waals surface area contributed by atoms with Gasteiger partial charge in [-0.2, -0.15) is 0 Å². The summed E-state index contributed by atoms with van der Waals surface area (Å²) in [7, 11) is 1.63. The number of aliphatic hydroxyl groups is 1. The zero-order valence-electron chi connectivity index (χ0n) is 9.98. The van der Waals surface area contributed by atoms with Crippen molar-refractivity contribution in [2.45, 2.75) is 25.0 Å². The average molecular weight is 233 g/mol. The van der Waals surface area contributed by atoms with E-state index in [0.717, 1.165) is 26.1 Å². The van der Waals surface area contributed by atoms with Gasteiger partial charge in [0, 0.05) is 26.3 Å². The molecule has 0 spiro atoms. The van der Waals surface area contributed by atoms with Crippen LogP contribution < -0.4 is 5.32 Å². The third-order valence-electron chi connectivity index (χ3n) is 2.54. The fraction of sp³-hybridized carbons (Fsp3) is 1.00. The van der Waals surface area contributed by atoms with E-state index in [9.17, 15) is 5.11 Å². The first-order chi connectivity index (χ1) is 7.83. The Morgan fingerprint density at radius 2 is 2.38 bits per heavy atom. The van der Waals surface area contributed by atoms with Gasteiger partial charge in [0.05, 0.1) is 32.5 Å². The highest BCUT2D eigenvalue weighted by molar-refractivity contribution is 4.71. The molecule has 5 heteroatoms. The SMILES string of the molecule is COCCOCC(O)CNC1CCCOC1. The van der Waals surface area contributed by atoms with Gasteiger partial charge in [-0.25, -0.2) is 0 Å². The predicted octanol–water partition coefficient (Wildman–Crippen LogP) is -0.221. The quantitative estimate of drug-likeness (QED) is 0.568. The number of nitrogens with one attached hydrogen (secondary N) is 1. The van der Waals surface area contributed by atoms with E-state index in [1.165, 1.54) is 0 Å². The zero-order chi connectivity index (χ0) is 11.6. The molecule has 0 aromatic heterocycles. The molecule has 2 atom stereocenters. The van der Waals surface area contributed by atoms with Gasteiger partial charge in [-0.05, 0) is 12.8 Å². The molecule has 96 valence electrons. The normalized spacial score (nSPS) is 23.2. The van der Waals surface area contributed by atoms with Crippen molar-refractivity contribution in [3.05, 3.63) is 0 Å². The Bertz CT molecular complexity index is 162. The molecule has 1 fully saturated rings. The Kier molecular flexibility index (Phi) is 7.71. The molecule has 0 amide bonds. The van der Waals surface area contributed by atoms with Crippen molar-refractivity contribution in [1.82, 2.24) is 5.32 Å². The largest absolute Gasteiger partial charge is 0.389 e. The molecular formula is C11H23NO4. The van der Waals surface area contributed by atoms with Gasteiger partial charge in [0.1, 0.15) is 0 Å². The third-order valence-corrected chi connectivity index (χ3v) is 2.54. The van der Waals surface area contributed by atoms with Gasteiger partial charge in [-0.3, -0.25) is 0 Å². The van der Waals surface area contributed by atoms with E-state index in [2.05, 4.69) is 5.32 Å². The monoisotopic (exact) mass is 233 g/mol. The number of hydrogen-bond donors (Lipinski definition) is 2. The Hall–Kier alpha value is -0.200. The van der Waals surface area contributed by atoms with Crippen LogP contribution in [0.5, 0.6) is 0 Å². The van der Waals surface area contributed by atoms with Crippen molar-refractivity contribution in [1.29, 1.82) is 0 Å². The van der Waals surface area contributed by atoms with E-state index < -0.39 is 6.10 Å². The molecule has 2 unspecified atom stereocenters. The van der Waals surface area contributed by atoms with Gasteiger partial charge in [-0.1, -0.05) is 0 Å². The minimum absolute atomic E-state index is 0.351. The van der Waals surface area contributed by atoms with Gasteiger partial charge >= 0.3 is 0 Å². The summed E-state index contributed by atoms with van der Waals surface area (Å²) in [5.74, 6) is 0. The van der Waals surface area contributed by atoms with Crippen molar-refractivity contribution >= 4 is 0 Å². The predicted molar refractivity (Wildman–Crippen MR) is 60.5 cm³/mol. The van der Waals surface area contributed by atoms with E-state index >= 15 is 0 Å². The second-order valence-electron chi connectivity index (χ2n) is 4.04. The van der Waals surface area contributed by atoms with Crippen LogP contribution in [0.15, 0.2) is 0 Å². The number of methoxy groups -OCH3 is 1.